The van der Waals surface area contributed by atoms with Crippen molar-refractivity contribution in [3.63, 3.8) is 0 Å². The van der Waals surface area contributed by atoms with Crippen LogP contribution in [0.15, 0.2) is 33.7 Å². The Morgan fingerprint density at radius 2 is 2.05 bits per heavy atom. The second kappa shape index (κ2) is 11.2. The summed E-state index contributed by atoms with van der Waals surface area (Å²) in [6.07, 6.45) is 0. The van der Waals surface area contributed by atoms with Crippen molar-refractivity contribution in [1.82, 2.24) is 10.6 Å². The van der Waals surface area contributed by atoms with Gasteiger partial charge in [0.2, 0.25) is 0 Å². The number of benzene rings is 1. The van der Waals surface area contributed by atoms with E-state index in [9.17, 15) is 0 Å². The molecule has 0 aliphatic rings. The molecule has 0 heterocycles. The minimum Gasteiger partial charge on any atom is -0.380 e. The standard InChI is InChI=1S/C16H26BrN3O.HI/c1-5-21-10-9-19-15(18-4)20-12-16(2,3)13-7-6-8-14(17)11-13;/h6-8,11H,5,9-10,12H2,1-4H3,(H2,18,19,20);1H. The molecule has 0 fully saturated rings. The van der Waals surface area contributed by atoms with E-state index in [0.717, 1.165) is 30.1 Å². The van der Waals surface area contributed by atoms with E-state index < -0.39 is 0 Å². The Hall–Kier alpha value is -0.340. The molecular weight excluding hydrogens is 457 g/mol. The highest BCUT2D eigenvalue weighted by Gasteiger charge is 2.21. The first kappa shape index (κ1) is 21.7. The molecule has 0 aromatic heterocycles. The molecule has 0 amide bonds. The van der Waals surface area contributed by atoms with Crippen LogP contribution in [0.3, 0.4) is 0 Å². The topological polar surface area (TPSA) is 45.6 Å². The number of rotatable bonds is 7. The molecule has 0 radical (unpaired) electrons. The first-order valence-electron chi connectivity index (χ1n) is 7.28. The van der Waals surface area contributed by atoms with Gasteiger partial charge in [0.15, 0.2) is 5.96 Å². The summed E-state index contributed by atoms with van der Waals surface area (Å²) in [4.78, 5) is 4.23. The maximum Gasteiger partial charge on any atom is 0.191 e. The van der Waals surface area contributed by atoms with Gasteiger partial charge >= 0.3 is 0 Å². The van der Waals surface area contributed by atoms with Gasteiger partial charge in [-0.15, -0.1) is 24.0 Å². The van der Waals surface area contributed by atoms with Crippen LogP contribution in [0, 0.1) is 0 Å². The second-order valence-electron chi connectivity index (χ2n) is 5.44. The largest absolute Gasteiger partial charge is 0.380 e. The van der Waals surface area contributed by atoms with E-state index in [1.165, 1.54) is 5.56 Å². The number of ether oxygens (including phenoxy) is 1. The zero-order valence-electron chi connectivity index (χ0n) is 13.8. The maximum absolute atomic E-state index is 5.31. The van der Waals surface area contributed by atoms with Gasteiger partial charge < -0.3 is 15.4 Å². The van der Waals surface area contributed by atoms with Crippen LogP contribution >= 0.6 is 39.9 Å². The number of hydrogen-bond acceptors (Lipinski definition) is 2. The van der Waals surface area contributed by atoms with Crippen molar-refractivity contribution < 1.29 is 4.74 Å². The normalized spacial score (nSPS) is 11.8. The average Bonchev–Trinajstić information content (AvgIpc) is 2.46. The summed E-state index contributed by atoms with van der Waals surface area (Å²) in [5.74, 6) is 0.803. The number of halogens is 2. The fourth-order valence-electron chi connectivity index (χ4n) is 1.92. The summed E-state index contributed by atoms with van der Waals surface area (Å²) in [6, 6.07) is 8.42. The Bertz CT molecular complexity index is 466. The van der Waals surface area contributed by atoms with Gasteiger partial charge in [0.25, 0.3) is 0 Å². The highest BCUT2D eigenvalue weighted by atomic mass is 127. The molecule has 0 aliphatic heterocycles. The van der Waals surface area contributed by atoms with Crippen LogP contribution < -0.4 is 10.6 Å². The van der Waals surface area contributed by atoms with Gasteiger partial charge in [0.05, 0.1) is 6.61 Å². The van der Waals surface area contributed by atoms with Gasteiger partial charge in [-0.1, -0.05) is 41.9 Å². The first-order chi connectivity index (χ1) is 9.99. The van der Waals surface area contributed by atoms with E-state index in [4.69, 9.17) is 4.74 Å². The Morgan fingerprint density at radius 3 is 2.64 bits per heavy atom. The molecule has 0 unspecified atom stereocenters. The van der Waals surface area contributed by atoms with Gasteiger partial charge in [-0.05, 0) is 24.6 Å². The smallest absolute Gasteiger partial charge is 0.191 e. The molecule has 4 nitrogen and oxygen atoms in total. The summed E-state index contributed by atoms with van der Waals surface area (Å²) in [5.41, 5.74) is 1.30. The summed E-state index contributed by atoms with van der Waals surface area (Å²) in [7, 11) is 1.78. The minimum atomic E-state index is 0. The minimum absolute atomic E-state index is 0. The Kier molecular flexibility index (Phi) is 11.1. The molecule has 0 aliphatic carbocycles. The predicted octanol–water partition coefficient (Wildman–Crippen LogP) is 3.55. The molecule has 0 spiro atoms. The Morgan fingerprint density at radius 1 is 1.32 bits per heavy atom. The van der Waals surface area contributed by atoms with Gasteiger partial charge in [-0.2, -0.15) is 0 Å². The second-order valence-corrected chi connectivity index (χ2v) is 6.36. The maximum atomic E-state index is 5.31. The SMILES string of the molecule is CCOCCNC(=NC)NCC(C)(C)c1cccc(Br)c1.I. The summed E-state index contributed by atoms with van der Waals surface area (Å²) < 4.78 is 6.41. The molecule has 0 bridgehead atoms. The van der Waals surface area contributed by atoms with Crippen LogP contribution in [0.2, 0.25) is 0 Å². The van der Waals surface area contributed by atoms with Crippen molar-refractivity contribution in [2.75, 3.05) is 33.4 Å². The zero-order valence-corrected chi connectivity index (χ0v) is 17.7. The lowest BCUT2D eigenvalue weighted by Gasteiger charge is -2.27. The van der Waals surface area contributed by atoms with E-state index in [0.29, 0.717) is 6.61 Å². The van der Waals surface area contributed by atoms with E-state index in [1.807, 2.05) is 13.0 Å². The van der Waals surface area contributed by atoms with Crippen LogP contribution in [0.5, 0.6) is 0 Å². The molecule has 126 valence electrons. The van der Waals surface area contributed by atoms with Crippen molar-refractivity contribution >= 4 is 45.9 Å². The fourth-order valence-corrected chi connectivity index (χ4v) is 2.32. The summed E-state index contributed by atoms with van der Waals surface area (Å²) in [6.45, 7) is 9.41. The summed E-state index contributed by atoms with van der Waals surface area (Å²) in [5, 5.41) is 6.62. The molecule has 0 atom stereocenters. The molecule has 0 saturated carbocycles. The number of aliphatic imine (C=N–C) groups is 1. The monoisotopic (exact) mass is 483 g/mol. The number of nitrogens with one attached hydrogen (secondary N) is 2. The lowest BCUT2D eigenvalue weighted by atomic mass is 9.85. The number of nitrogens with zero attached hydrogens (tertiary/aromatic N) is 1. The molecule has 2 N–H and O–H groups in total. The molecule has 6 heteroatoms. The highest BCUT2D eigenvalue weighted by Crippen LogP contribution is 2.24. The van der Waals surface area contributed by atoms with Gasteiger partial charge in [0.1, 0.15) is 0 Å². The Balaban J connectivity index is 0.00000441. The molecule has 22 heavy (non-hydrogen) atoms. The summed E-state index contributed by atoms with van der Waals surface area (Å²) >= 11 is 3.53. The van der Waals surface area contributed by atoms with Crippen molar-refractivity contribution in [2.45, 2.75) is 26.2 Å². The Labute approximate surface area is 159 Å². The lowest BCUT2D eigenvalue weighted by Crippen LogP contribution is -2.44. The molecular formula is C16H27BrIN3O. The van der Waals surface area contributed by atoms with E-state index in [1.54, 1.807) is 7.05 Å². The van der Waals surface area contributed by atoms with Crippen LogP contribution in [-0.4, -0.2) is 39.3 Å². The predicted molar refractivity (Wildman–Crippen MR) is 108 cm³/mol. The number of hydrogen-bond donors (Lipinski definition) is 2. The van der Waals surface area contributed by atoms with Crippen LogP contribution in [-0.2, 0) is 10.2 Å². The van der Waals surface area contributed by atoms with E-state index in [2.05, 4.69) is 63.6 Å². The van der Waals surface area contributed by atoms with Crippen LogP contribution in [0.4, 0.5) is 0 Å². The average molecular weight is 484 g/mol. The van der Waals surface area contributed by atoms with Gasteiger partial charge in [-0.3, -0.25) is 4.99 Å². The van der Waals surface area contributed by atoms with Crippen molar-refractivity contribution in [1.29, 1.82) is 0 Å². The van der Waals surface area contributed by atoms with Crippen molar-refractivity contribution in [3.8, 4) is 0 Å². The van der Waals surface area contributed by atoms with Crippen LogP contribution in [0.1, 0.15) is 26.3 Å². The van der Waals surface area contributed by atoms with E-state index in [-0.39, 0.29) is 29.4 Å². The van der Waals surface area contributed by atoms with Crippen molar-refractivity contribution in [3.05, 3.63) is 34.3 Å². The quantitative estimate of drug-likeness (QED) is 0.270. The van der Waals surface area contributed by atoms with Crippen molar-refractivity contribution in [2.24, 2.45) is 4.99 Å². The third-order valence-electron chi connectivity index (χ3n) is 3.27. The van der Waals surface area contributed by atoms with Gasteiger partial charge in [-0.25, -0.2) is 0 Å². The molecule has 1 aromatic carbocycles. The molecule has 1 aromatic rings. The van der Waals surface area contributed by atoms with E-state index >= 15 is 0 Å². The number of guanidine groups is 1. The molecule has 1 rings (SSSR count). The lowest BCUT2D eigenvalue weighted by molar-refractivity contribution is 0.152. The van der Waals surface area contributed by atoms with Gasteiger partial charge in [0, 0.05) is 36.6 Å². The zero-order chi connectivity index (χ0) is 15.7. The molecule has 0 saturated heterocycles. The highest BCUT2D eigenvalue weighted by molar-refractivity contribution is 14.0. The van der Waals surface area contributed by atoms with Crippen LogP contribution in [0.25, 0.3) is 0 Å². The third-order valence-corrected chi connectivity index (χ3v) is 3.76. The third kappa shape index (κ3) is 7.78. The fraction of sp³-hybridized carbons (Fsp3) is 0.562. The first-order valence-corrected chi connectivity index (χ1v) is 8.07.